The lowest BCUT2D eigenvalue weighted by molar-refractivity contribution is 0.589. The Labute approximate surface area is 126 Å². The first-order valence-electron chi connectivity index (χ1n) is 6.12. The van der Waals surface area contributed by atoms with Gasteiger partial charge in [0, 0.05) is 5.39 Å². The summed E-state index contributed by atoms with van der Waals surface area (Å²) in [6, 6.07) is 10.0. The number of benzene rings is 1. The molecule has 0 unspecified atom stereocenters. The highest BCUT2D eigenvalue weighted by Crippen LogP contribution is 2.32. The first-order valence-corrected chi connectivity index (χ1v) is 7.32. The predicted molar refractivity (Wildman–Crippen MR) is 83.7 cm³/mol. The van der Waals surface area contributed by atoms with E-state index in [1.807, 2.05) is 12.1 Å². The van der Waals surface area contributed by atoms with Crippen LogP contribution >= 0.6 is 22.9 Å². The van der Waals surface area contributed by atoms with Gasteiger partial charge in [-0.15, -0.1) is 11.3 Å². The summed E-state index contributed by atoms with van der Waals surface area (Å²) in [5.74, 6) is -0.671. The molecular formula is C15H6ClFN2OS. The molecule has 0 radical (unpaired) electrons. The van der Waals surface area contributed by atoms with Gasteiger partial charge in [-0.2, -0.15) is 4.39 Å². The van der Waals surface area contributed by atoms with Crippen molar-refractivity contribution in [2.24, 2.45) is 0 Å². The van der Waals surface area contributed by atoms with Gasteiger partial charge in [-0.05, 0) is 18.2 Å². The molecule has 0 saturated heterocycles. The Hall–Kier alpha value is -2.11. The average molecular weight is 317 g/mol. The Morgan fingerprint density at radius 1 is 1.10 bits per heavy atom. The van der Waals surface area contributed by atoms with E-state index in [0.29, 0.717) is 25.7 Å². The van der Waals surface area contributed by atoms with Crippen molar-refractivity contribution in [2.45, 2.75) is 0 Å². The van der Waals surface area contributed by atoms with Gasteiger partial charge in [0.2, 0.25) is 11.4 Å². The molecule has 0 saturated carbocycles. The van der Waals surface area contributed by atoms with Crippen molar-refractivity contribution < 1.29 is 4.39 Å². The summed E-state index contributed by atoms with van der Waals surface area (Å²) in [5.41, 5.74) is 0.439. The standard InChI is InChI=1S/C15H6ClFN2OS/c16-15-14-11(7-3-1-2-4-8(7)18-15)13(20)12-9(21-14)5-6-10(17)19-12/h1-6H. The first kappa shape index (κ1) is 12.6. The maximum absolute atomic E-state index is 13.3. The van der Waals surface area contributed by atoms with Gasteiger partial charge in [0.15, 0.2) is 0 Å². The van der Waals surface area contributed by atoms with Crippen LogP contribution in [0.2, 0.25) is 5.15 Å². The van der Waals surface area contributed by atoms with Gasteiger partial charge >= 0.3 is 0 Å². The van der Waals surface area contributed by atoms with Crippen LogP contribution in [-0.4, -0.2) is 9.97 Å². The summed E-state index contributed by atoms with van der Waals surface area (Å²) >= 11 is 7.50. The minimum Gasteiger partial charge on any atom is -0.287 e. The number of hydrogen-bond acceptors (Lipinski definition) is 4. The highest BCUT2D eigenvalue weighted by atomic mass is 35.5. The summed E-state index contributed by atoms with van der Waals surface area (Å²) in [6.45, 7) is 0. The Morgan fingerprint density at radius 2 is 1.90 bits per heavy atom. The molecule has 102 valence electrons. The van der Waals surface area contributed by atoms with E-state index in [0.717, 1.165) is 0 Å². The maximum atomic E-state index is 13.3. The monoisotopic (exact) mass is 316 g/mol. The molecule has 0 fully saturated rings. The van der Waals surface area contributed by atoms with E-state index in [4.69, 9.17) is 11.6 Å². The Balaban J connectivity index is 2.37. The molecule has 0 amide bonds. The molecule has 3 nitrogen and oxygen atoms in total. The molecule has 0 N–H and O–H groups in total. The summed E-state index contributed by atoms with van der Waals surface area (Å²) in [5, 5.41) is 1.42. The minimum absolute atomic E-state index is 0.125. The summed E-state index contributed by atoms with van der Waals surface area (Å²) in [6.07, 6.45) is 0. The van der Waals surface area contributed by atoms with Gasteiger partial charge in [0.1, 0.15) is 10.7 Å². The Bertz CT molecular complexity index is 1090. The number of para-hydroxylation sites is 1. The van der Waals surface area contributed by atoms with Gasteiger partial charge in [0.05, 0.1) is 20.3 Å². The molecule has 0 spiro atoms. The summed E-state index contributed by atoms with van der Waals surface area (Å²) < 4.78 is 14.5. The summed E-state index contributed by atoms with van der Waals surface area (Å²) in [7, 11) is 0. The normalized spacial score (nSPS) is 11.5. The van der Waals surface area contributed by atoms with Gasteiger partial charge in [-0.1, -0.05) is 29.8 Å². The van der Waals surface area contributed by atoms with Crippen molar-refractivity contribution in [3.63, 3.8) is 0 Å². The Morgan fingerprint density at radius 3 is 2.76 bits per heavy atom. The van der Waals surface area contributed by atoms with Crippen molar-refractivity contribution in [3.8, 4) is 0 Å². The van der Waals surface area contributed by atoms with E-state index in [9.17, 15) is 9.18 Å². The molecule has 4 rings (SSSR count). The van der Waals surface area contributed by atoms with E-state index >= 15 is 0 Å². The third-order valence-corrected chi connectivity index (χ3v) is 4.82. The predicted octanol–water partition coefficient (Wildman–Crippen LogP) is 4.15. The van der Waals surface area contributed by atoms with Crippen LogP contribution < -0.4 is 5.43 Å². The molecule has 0 atom stereocenters. The fourth-order valence-electron chi connectivity index (χ4n) is 2.38. The zero-order chi connectivity index (χ0) is 14.6. The largest absolute Gasteiger partial charge is 0.287 e. The van der Waals surface area contributed by atoms with Crippen molar-refractivity contribution in [3.05, 3.63) is 57.7 Å². The van der Waals surface area contributed by atoms with Crippen LogP contribution in [0.1, 0.15) is 0 Å². The topological polar surface area (TPSA) is 42.9 Å². The molecular weight excluding hydrogens is 311 g/mol. The second-order valence-electron chi connectivity index (χ2n) is 4.54. The van der Waals surface area contributed by atoms with Crippen LogP contribution in [0.15, 0.2) is 41.2 Å². The quantitative estimate of drug-likeness (QED) is 0.278. The van der Waals surface area contributed by atoms with Crippen LogP contribution in [0, 0.1) is 5.95 Å². The highest BCUT2D eigenvalue weighted by molar-refractivity contribution is 7.25. The van der Waals surface area contributed by atoms with Crippen LogP contribution in [-0.2, 0) is 0 Å². The number of halogens is 2. The Kier molecular flexibility index (Phi) is 2.67. The number of rotatable bonds is 0. The van der Waals surface area contributed by atoms with Crippen LogP contribution in [0.3, 0.4) is 0 Å². The van der Waals surface area contributed by atoms with Crippen LogP contribution in [0.5, 0.6) is 0 Å². The van der Waals surface area contributed by atoms with Crippen molar-refractivity contribution >= 4 is 54.1 Å². The molecule has 0 aliphatic rings. The average Bonchev–Trinajstić information content (AvgIpc) is 2.48. The summed E-state index contributed by atoms with van der Waals surface area (Å²) in [4.78, 5) is 20.7. The lowest BCUT2D eigenvalue weighted by Crippen LogP contribution is -2.05. The zero-order valence-electron chi connectivity index (χ0n) is 10.4. The molecule has 0 bridgehead atoms. The van der Waals surface area contributed by atoms with Crippen molar-refractivity contribution in [1.29, 1.82) is 0 Å². The number of nitrogens with zero attached hydrogens (tertiary/aromatic N) is 2. The maximum Gasteiger partial charge on any atom is 0.215 e. The molecule has 1 aromatic carbocycles. The molecule has 3 heterocycles. The second-order valence-corrected chi connectivity index (χ2v) is 5.95. The van der Waals surface area contributed by atoms with E-state index < -0.39 is 5.95 Å². The molecule has 0 aliphatic carbocycles. The molecule has 0 aliphatic heterocycles. The van der Waals surface area contributed by atoms with E-state index in [1.54, 1.807) is 12.1 Å². The van der Waals surface area contributed by atoms with Crippen LogP contribution in [0.25, 0.3) is 31.2 Å². The number of aromatic nitrogens is 2. The van der Waals surface area contributed by atoms with E-state index in [1.165, 1.54) is 23.5 Å². The number of hydrogen-bond donors (Lipinski definition) is 0. The first-order chi connectivity index (χ1) is 10.1. The number of fused-ring (bicyclic) bond motifs is 4. The smallest absolute Gasteiger partial charge is 0.215 e. The highest BCUT2D eigenvalue weighted by Gasteiger charge is 2.14. The minimum atomic E-state index is -0.671. The lowest BCUT2D eigenvalue weighted by atomic mass is 10.1. The van der Waals surface area contributed by atoms with Crippen molar-refractivity contribution in [1.82, 2.24) is 9.97 Å². The number of pyridine rings is 2. The fourth-order valence-corrected chi connectivity index (χ4v) is 3.71. The van der Waals surface area contributed by atoms with Gasteiger partial charge in [-0.3, -0.25) is 4.79 Å². The van der Waals surface area contributed by atoms with Gasteiger partial charge in [0.25, 0.3) is 0 Å². The fraction of sp³-hybridized carbons (Fsp3) is 0. The second kappa shape index (κ2) is 4.44. The van der Waals surface area contributed by atoms with Gasteiger partial charge in [-0.25, -0.2) is 9.97 Å². The zero-order valence-corrected chi connectivity index (χ0v) is 12.0. The molecule has 4 aromatic rings. The molecule has 3 aromatic heterocycles. The SMILES string of the molecule is O=c1c2nc(F)ccc2sc2c(Cl)nc3ccccc3c12. The van der Waals surface area contributed by atoms with Gasteiger partial charge < -0.3 is 0 Å². The molecule has 21 heavy (non-hydrogen) atoms. The van der Waals surface area contributed by atoms with Crippen LogP contribution in [0.4, 0.5) is 4.39 Å². The molecule has 6 heteroatoms. The third kappa shape index (κ3) is 1.81. The van der Waals surface area contributed by atoms with E-state index in [2.05, 4.69) is 9.97 Å². The van der Waals surface area contributed by atoms with Crippen molar-refractivity contribution in [2.75, 3.05) is 0 Å². The van der Waals surface area contributed by atoms with E-state index in [-0.39, 0.29) is 16.1 Å². The lowest BCUT2D eigenvalue weighted by Gasteiger charge is -2.05. The third-order valence-electron chi connectivity index (χ3n) is 3.28.